The van der Waals surface area contributed by atoms with Gasteiger partial charge in [0.2, 0.25) is 11.7 Å². The molecule has 1 aliphatic rings. The molecule has 2 amide bonds. The lowest BCUT2D eigenvalue weighted by molar-refractivity contribution is -0.143. The summed E-state index contributed by atoms with van der Waals surface area (Å²) in [6, 6.07) is 12.9. The van der Waals surface area contributed by atoms with Crippen molar-refractivity contribution in [3.8, 4) is 17.1 Å². The van der Waals surface area contributed by atoms with Gasteiger partial charge in [-0.05, 0) is 66.6 Å². The molecule has 0 bridgehead atoms. The number of tetrazole rings is 1. The maximum atomic E-state index is 13.7. The van der Waals surface area contributed by atoms with E-state index in [1.165, 1.54) is 22.2 Å². The number of hydrogen-bond donors (Lipinski definition) is 1. The summed E-state index contributed by atoms with van der Waals surface area (Å²) in [5.74, 6) is 1.07. The molecule has 5 rings (SSSR count). The molecule has 0 spiro atoms. The monoisotopic (exact) mass is 520 g/mol. The Labute approximate surface area is 218 Å². The smallest absolute Gasteiger partial charge is 0.250 e. The van der Waals surface area contributed by atoms with Crippen molar-refractivity contribution >= 4 is 11.8 Å². The van der Waals surface area contributed by atoms with Crippen LogP contribution >= 0.6 is 0 Å². The minimum atomic E-state index is -1.05. The van der Waals surface area contributed by atoms with Crippen LogP contribution in [0, 0.1) is 0 Å². The minimum Gasteiger partial charge on any atom is -0.497 e. The lowest BCUT2D eigenvalue weighted by Crippen LogP contribution is -2.46. The van der Waals surface area contributed by atoms with Crippen molar-refractivity contribution < 1.29 is 27.9 Å². The van der Waals surface area contributed by atoms with E-state index in [-0.39, 0.29) is 25.1 Å². The van der Waals surface area contributed by atoms with E-state index < -0.39 is 11.9 Å². The Morgan fingerprint density at radius 2 is 1.97 bits per heavy atom. The minimum absolute atomic E-state index is 0.0323. The molecule has 1 aromatic carbocycles. The van der Waals surface area contributed by atoms with Crippen molar-refractivity contribution in [2.24, 2.45) is 0 Å². The van der Waals surface area contributed by atoms with E-state index in [9.17, 15) is 9.59 Å². The number of hydrogen-bond acceptors (Lipinski definition) is 9. The molecule has 0 unspecified atom stereocenters. The zero-order valence-electron chi connectivity index (χ0n) is 20.9. The molecule has 1 N–H and O–H groups in total. The summed E-state index contributed by atoms with van der Waals surface area (Å²) in [5, 5.41) is 15.4. The number of ether oxygens (including phenoxy) is 2. The van der Waals surface area contributed by atoms with E-state index in [0.717, 1.165) is 18.4 Å². The number of carbonyl (C=O) groups is 2. The predicted octanol–water partition coefficient (Wildman–Crippen LogP) is 2.60. The first-order valence-electron chi connectivity index (χ1n) is 12.3. The van der Waals surface area contributed by atoms with Gasteiger partial charge in [0.15, 0.2) is 6.04 Å². The molecule has 1 saturated heterocycles. The highest BCUT2D eigenvalue weighted by Crippen LogP contribution is 2.25. The van der Waals surface area contributed by atoms with Crippen LogP contribution in [0.1, 0.15) is 30.4 Å². The fourth-order valence-electron chi connectivity index (χ4n) is 4.26. The number of nitrogens with zero attached hydrogens (tertiary/aromatic N) is 5. The van der Waals surface area contributed by atoms with Gasteiger partial charge in [0.05, 0.1) is 32.3 Å². The molecule has 0 radical (unpaired) electrons. The molecule has 3 aromatic heterocycles. The van der Waals surface area contributed by atoms with E-state index in [2.05, 4.69) is 20.7 Å². The van der Waals surface area contributed by atoms with Crippen LogP contribution in [-0.4, -0.2) is 63.3 Å². The van der Waals surface area contributed by atoms with Gasteiger partial charge in [0.25, 0.3) is 5.91 Å². The van der Waals surface area contributed by atoms with Crippen molar-refractivity contribution in [1.82, 2.24) is 30.4 Å². The fourth-order valence-corrected chi connectivity index (χ4v) is 4.26. The lowest BCUT2D eigenvalue weighted by atomic mass is 10.1. The molecule has 198 valence electrons. The van der Waals surface area contributed by atoms with Crippen molar-refractivity contribution in [3.05, 3.63) is 72.6 Å². The number of furan rings is 2. The lowest BCUT2D eigenvalue weighted by Gasteiger charge is -2.29. The third kappa shape index (κ3) is 5.92. The molecule has 1 fully saturated rings. The van der Waals surface area contributed by atoms with Crippen LogP contribution in [0.5, 0.6) is 5.75 Å². The predicted molar refractivity (Wildman–Crippen MR) is 132 cm³/mol. The second-order valence-electron chi connectivity index (χ2n) is 8.77. The highest BCUT2D eigenvalue weighted by atomic mass is 16.5. The normalized spacial score (nSPS) is 15.8. The van der Waals surface area contributed by atoms with Crippen molar-refractivity contribution in [3.63, 3.8) is 0 Å². The fraction of sp³-hybridized carbons (Fsp3) is 0.346. The molecule has 0 aliphatic carbocycles. The number of aromatic nitrogens is 4. The van der Waals surface area contributed by atoms with E-state index in [0.29, 0.717) is 36.2 Å². The zero-order valence-corrected chi connectivity index (χ0v) is 20.9. The van der Waals surface area contributed by atoms with E-state index in [4.69, 9.17) is 18.3 Å². The van der Waals surface area contributed by atoms with Gasteiger partial charge in [-0.2, -0.15) is 4.80 Å². The molecule has 1 aliphatic heterocycles. The summed E-state index contributed by atoms with van der Waals surface area (Å²) in [7, 11) is 1.59. The van der Waals surface area contributed by atoms with E-state index in [1.807, 2.05) is 0 Å². The molecule has 4 aromatic rings. The summed E-state index contributed by atoms with van der Waals surface area (Å²) in [5.41, 5.74) is 0.721. The Bertz CT molecular complexity index is 1310. The third-order valence-electron chi connectivity index (χ3n) is 6.21. The van der Waals surface area contributed by atoms with Gasteiger partial charge in [-0.1, -0.05) is 0 Å². The second kappa shape index (κ2) is 11.7. The van der Waals surface area contributed by atoms with Crippen LogP contribution in [0.3, 0.4) is 0 Å². The standard InChI is InChI=1S/C26H28N6O6/c1-35-19-10-8-18(9-11-19)25-28-30-32(29-25)17-23(33)31(16-21-6-3-13-37-21)24(22-7-4-14-38-22)26(34)27-15-20-5-2-12-36-20/h3-4,6-11,13-14,20,24H,2,5,12,15-17H2,1H3,(H,27,34)/t20-,24-/m1/s1. The number of methoxy groups -OCH3 is 1. The topological polar surface area (TPSA) is 138 Å². The molecule has 4 heterocycles. The molecule has 12 nitrogen and oxygen atoms in total. The van der Waals surface area contributed by atoms with E-state index in [1.54, 1.807) is 55.6 Å². The number of benzene rings is 1. The van der Waals surface area contributed by atoms with Crippen LogP contribution in [0.2, 0.25) is 0 Å². The summed E-state index contributed by atoms with van der Waals surface area (Å²) >= 11 is 0. The second-order valence-corrected chi connectivity index (χ2v) is 8.77. The van der Waals surface area contributed by atoms with Gasteiger partial charge in [0.1, 0.15) is 23.8 Å². The Balaban J connectivity index is 1.37. The van der Waals surface area contributed by atoms with Crippen LogP contribution in [-0.2, 0) is 27.4 Å². The van der Waals surface area contributed by atoms with Crippen LogP contribution < -0.4 is 10.1 Å². The molecular weight excluding hydrogens is 492 g/mol. The Kier molecular flexibility index (Phi) is 7.78. The van der Waals surface area contributed by atoms with Crippen LogP contribution in [0.15, 0.2) is 69.9 Å². The van der Waals surface area contributed by atoms with Gasteiger partial charge in [-0.15, -0.1) is 10.2 Å². The SMILES string of the molecule is COc1ccc(-c2nnn(CC(=O)N(Cc3ccco3)[C@@H](C(=O)NC[C@H]3CCCO3)c3ccco3)n2)cc1. The van der Waals surface area contributed by atoms with Crippen LogP contribution in [0.4, 0.5) is 0 Å². The highest BCUT2D eigenvalue weighted by Gasteiger charge is 2.35. The molecule has 2 atom stereocenters. The molecular formula is C26H28N6O6. The van der Waals surface area contributed by atoms with Gasteiger partial charge in [-0.25, -0.2) is 0 Å². The van der Waals surface area contributed by atoms with Gasteiger partial charge >= 0.3 is 0 Å². The summed E-state index contributed by atoms with van der Waals surface area (Å²) in [4.78, 5) is 29.7. The quantitative estimate of drug-likeness (QED) is 0.316. The maximum Gasteiger partial charge on any atom is 0.250 e. The Hall–Kier alpha value is -4.45. The first-order valence-corrected chi connectivity index (χ1v) is 12.3. The van der Waals surface area contributed by atoms with Gasteiger partial charge in [-0.3, -0.25) is 9.59 Å². The number of amides is 2. The Morgan fingerprint density at radius 3 is 2.66 bits per heavy atom. The zero-order chi connectivity index (χ0) is 26.3. The maximum absolute atomic E-state index is 13.7. The molecule has 0 saturated carbocycles. The average Bonchev–Trinajstić information content (AvgIpc) is 3.76. The molecule has 12 heteroatoms. The van der Waals surface area contributed by atoms with Crippen molar-refractivity contribution in [2.45, 2.75) is 38.1 Å². The third-order valence-corrected chi connectivity index (χ3v) is 6.21. The highest BCUT2D eigenvalue weighted by molar-refractivity contribution is 5.88. The average molecular weight is 521 g/mol. The number of rotatable bonds is 11. The van der Waals surface area contributed by atoms with Crippen LogP contribution in [0.25, 0.3) is 11.4 Å². The van der Waals surface area contributed by atoms with E-state index >= 15 is 0 Å². The summed E-state index contributed by atoms with van der Waals surface area (Å²) in [6.07, 6.45) is 4.74. The first kappa shape index (κ1) is 25.2. The summed E-state index contributed by atoms with van der Waals surface area (Å²) < 4.78 is 21.9. The largest absolute Gasteiger partial charge is 0.497 e. The van der Waals surface area contributed by atoms with Gasteiger partial charge in [0, 0.05) is 18.7 Å². The first-order chi connectivity index (χ1) is 18.6. The Morgan fingerprint density at radius 1 is 1.16 bits per heavy atom. The van der Waals surface area contributed by atoms with Gasteiger partial charge < -0.3 is 28.5 Å². The summed E-state index contributed by atoms with van der Waals surface area (Å²) in [6.45, 7) is 0.800. The number of nitrogens with one attached hydrogen (secondary N) is 1. The number of carbonyl (C=O) groups excluding carboxylic acids is 2. The van der Waals surface area contributed by atoms with Crippen molar-refractivity contribution in [1.29, 1.82) is 0 Å². The molecule has 38 heavy (non-hydrogen) atoms. The van der Waals surface area contributed by atoms with Crippen molar-refractivity contribution in [2.75, 3.05) is 20.3 Å².